The van der Waals surface area contributed by atoms with Crippen LogP contribution < -0.4 is 5.73 Å². The SMILES string of the molecule is NC(=O)[C@@H]1CCCN1C1CCN(S(=O)(=O)c2ccccc2)CC1. The Morgan fingerprint density at radius 1 is 1.04 bits per heavy atom. The van der Waals surface area contributed by atoms with Gasteiger partial charge in [-0.25, -0.2) is 8.42 Å². The zero-order valence-corrected chi connectivity index (χ0v) is 13.9. The Balaban J connectivity index is 1.66. The van der Waals surface area contributed by atoms with Crippen LogP contribution in [0.3, 0.4) is 0 Å². The lowest BCUT2D eigenvalue weighted by Crippen LogP contribution is -2.51. The number of carbonyl (C=O) groups is 1. The minimum atomic E-state index is -3.42. The lowest BCUT2D eigenvalue weighted by atomic mass is 10.0. The van der Waals surface area contributed by atoms with Crippen LogP contribution in [-0.2, 0) is 14.8 Å². The van der Waals surface area contributed by atoms with Gasteiger partial charge in [0.25, 0.3) is 0 Å². The third-order valence-corrected chi connectivity index (χ3v) is 6.81. The number of nitrogens with zero attached hydrogens (tertiary/aromatic N) is 2. The van der Waals surface area contributed by atoms with Gasteiger partial charge in [0.2, 0.25) is 15.9 Å². The van der Waals surface area contributed by atoms with Gasteiger partial charge in [-0.1, -0.05) is 18.2 Å². The molecule has 0 aromatic heterocycles. The van der Waals surface area contributed by atoms with Gasteiger partial charge in [0, 0.05) is 19.1 Å². The summed E-state index contributed by atoms with van der Waals surface area (Å²) in [5.41, 5.74) is 5.48. The van der Waals surface area contributed by atoms with E-state index in [-0.39, 0.29) is 18.0 Å². The van der Waals surface area contributed by atoms with Crippen molar-refractivity contribution in [3.63, 3.8) is 0 Å². The molecule has 1 amide bonds. The number of hydrogen-bond donors (Lipinski definition) is 1. The van der Waals surface area contributed by atoms with E-state index in [0.717, 1.165) is 32.2 Å². The first kappa shape index (κ1) is 16.4. The van der Waals surface area contributed by atoms with Crippen molar-refractivity contribution in [3.8, 4) is 0 Å². The second-order valence-electron chi connectivity index (χ2n) is 6.25. The maximum absolute atomic E-state index is 12.6. The summed E-state index contributed by atoms with van der Waals surface area (Å²) in [7, 11) is -3.42. The fourth-order valence-electron chi connectivity index (χ4n) is 3.69. The lowest BCUT2D eigenvalue weighted by molar-refractivity contribution is -0.123. The van der Waals surface area contributed by atoms with Crippen molar-refractivity contribution in [2.75, 3.05) is 19.6 Å². The molecule has 1 atom stereocenters. The van der Waals surface area contributed by atoms with Crippen LogP contribution in [0.4, 0.5) is 0 Å². The molecule has 126 valence electrons. The van der Waals surface area contributed by atoms with E-state index in [4.69, 9.17) is 5.73 Å². The summed E-state index contributed by atoms with van der Waals surface area (Å²) in [5, 5.41) is 0. The van der Waals surface area contributed by atoms with Crippen molar-refractivity contribution < 1.29 is 13.2 Å². The molecule has 2 heterocycles. The molecule has 0 bridgehead atoms. The minimum Gasteiger partial charge on any atom is -0.368 e. The van der Waals surface area contributed by atoms with E-state index >= 15 is 0 Å². The van der Waals surface area contributed by atoms with Crippen LogP contribution in [-0.4, -0.2) is 55.2 Å². The molecule has 1 aromatic carbocycles. The molecule has 2 aliphatic heterocycles. The standard InChI is InChI=1S/C16H23N3O3S/c17-16(20)15-7-4-10-19(15)13-8-11-18(12-9-13)23(21,22)14-5-2-1-3-6-14/h1-3,5-6,13,15H,4,7-12H2,(H2,17,20)/t15-/m0/s1. The molecule has 0 saturated carbocycles. The minimum absolute atomic E-state index is 0.183. The normalized spacial score (nSPS) is 24.8. The number of likely N-dealkylation sites (tertiary alicyclic amines) is 1. The average molecular weight is 337 g/mol. The van der Waals surface area contributed by atoms with Crippen molar-refractivity contribution >= 4 is 15.9 Å². The Morgan fingerprint density at radius 3 is 2.30 bits per heavy atom. The van der Waals surface area contributed by atoms with Crippen LogP contribution in [0.1, 0.15) is 25.7 Å². The van der Waals surface area contributed by atoms with Gasteiger partial charge in [0.15, 0.2) is 0 Å². The summed E-state index contributed by atoms with van der Waals surface area (Å²) in [4.78, 5) is 14.1. The van der Waals surface area contributed by atoms with Crippen LogP contribution in [0.5, 0.6) is 0 Å². The quantitative estimate of drug-likeness (QED) is 0.880. The molecule has 7 heteroatoms. The molecule has 1 aromatic rings. The fourth-order valence-corrected chi connectivity index (χ4v) is 5.18. The summed E-state index contributed by atoms with van der Waals surface area (Å²) in [6, 6.07) is 8.61. The summed E-state index contributed by atoms with van der Waals surface area (Å²) in [5.74, 6) is -0.262. The number of nitrogens with two attached hydrogens (primary N) is 1. The summed E-state index contributed by atoms with van der Waals surface area (Å²) >= 11 is 0. The molecule has 2 fully saturated rings. The number of amides is 1. The number of benzene rings is 1. The molecule has 2 aliphatic rings. The van der Waals surface area contributed by atoms with Crippen molar-refractivity contribution in [3.05, 3.63) is 30.3 Å². The Labute approximate surface area is 137 Å². The van der Waals surface area contributed by atoms with Crippen LogP contribution >= 0.6 is 0 Å². The number of hydrogen-bond acceptors (Lipinski definition) is 4. The van der Waals surface area contributed by atoms with E-state index in [1.807, 2.05) is 6.07 Å². The number of rotatable bonds is 4. The van der Waals surface area contributed by atoms with E-state index < -0.39 is 10.0 Å². The first-order chi connectivity index (χ1) is 11.0. The summed E-state index contributed by atoms with van der Waals surface area (Å²) in [6.07, 6.45) is 3.29. The smallest absolute Gasteiger partial charge is 0.243 e. The van der Waals surface area contributed by atoms with Crippen LogP contribution in [0.25, 0.3) is 0 Å². The third-order valence-electron chi connectivity index (χ3n) is 4.90. The molecule has 0 spiro atoms. The Morgan fingerprint density at radius 2 is 1.70 bits per heavy atom. The van der Waals surface area contributed by atoms with Crippen molar-refractivity contribution in [2.45, 2.75) is 42.7 Å². The fraction of sp³-hybridized carbons (Fsp3) is 0.562. The van der Waals surface area contributed by atoms with Crippen molar-refractivity contribution in [1.29, 1.82) is 0 Å². The highest BCUT2D eigenvalue weighted by atomic mass is 32.2. The van der Waals surface area contributed by atoms with E-state index in [0.29, 0.717) is 18.0 Å². The van der Waals surface area contributed by atoms with Crippen molar-refractivity contribution in [1.82, 2.24) is 9.21 Å². The van der Waals surface area contributed by atoms with Gasteiger partial charge in [0.05, 0.1) is 10.9 Å². The van der Waals surface area contributed by atoms with Gasteiger partial charge in [0.1, 0.15) is 0 Å². The van der Waals surface area contributed by atoms with E-state index in [1.54, 1.807) is 28.6 Å². The van der Waals surface area contributed by atoms with Gasteiger partial charge >= 0.3 is 0 Å². The molecule has 2 N–H and O–H groups in total. The number of carbonyl (C=O) groups excluding carboxylic acids is 1. The largest absolute Gasteiger partial charge is 0.368 e. The predicted octanol–water partition coefficient (Wildman–Crippen LogP) is 0.789. The number of piperidine rings is 1. The molecule has 0 aliphatic carbocycles. The van der Waals surface area contributed by atoms with E-state index in [2.05, 4.69) is 4.90 Å². The first-order valence-electron chi connectivity index (χ1n) is 8.10. The highest BCUT2D eigenvalue weighted by molar-refractivity contribution is 7.89. The lowest BCUT2D eigenvalue weighted by Gasteiger charge is -2.38. The van der Waals surface area contributed by atoms with Crippen LogP contribution in [0.2, 0.25) is 0 Å². The van der Waals surface area contributed by atoms with Gasteiger partial charge in [-0.3, -0.25) is 9.69 Å². The van der Waals surface area contributed by atoms with E-state index in [9.17, 15) is 13.2 Å². The maximum atomic E-state index is 12.6. The predicted molar refractivity (Wildman–Crippen MR) is 87.1 cm³/mol. The summed E-state index contributed by atoms with van der Waals surface area (Å²) in [6.45, 7) is 1.86. The second kappa shape index (κ2) is 6.59. The van der Waals surface area contributed by atoms with Crippen LogP contribution in [0.15, 0.2) is 35.2 Å². The Kier molecular flexibility index (Phi) is 4.70. The first-order valence-corrected chi connectivity index (χ1v) is 9.54. The van der Waals surface area contributed by atoms with E-state index in [1.165, 1.54) is 0 Å². The monoisotopic (exact) mass is 337 g/mol. The molecule has 6 nitrogen and oxygen atoms in total. The molecule has 3 rings (SSSR count). The second-order valence-corrected chi connectivity index (χ2v) is 8.18. The maximum Gasteiger partial charge on any atom is 0.243 e. The average Bonchev–Trinajstić information content (AvgIpc) is 3.06. The zero-order chi connectivity index (χ0) is 16.4. The number of primary amides is 1. The van der Waals surface area contributed by atoms with Crippen LogP contribution in [0, 0.1) is 0 Å². The highest BCUT2D eigenvalue weighted by Gasteiger charge is 2.37. The third kappa shape index (κ3) is 3.27. The van der Waals surface area contributed by atoms with Crippen molar-refractivity contribution in [2.24, 2.45) is 5.73 Å². The van der Waals surface area contributed by atoms with Gasteiger partial charge in [-0.15, -0.1) is 0 Å². The molecular weight excluding hydrogens is 314 g/mol. The molecule has 0 radical (unpaired) electrons. The topological polar surface area (TPSA) is 83.7 Å². The Hall–Kier alpha value is -1.44. The molecule has 0 unspecified atom stereocenters. The van der Waals surface area contributed by atoms with Gasteiger partial charge < -0.3 is 5.73 Å². The number of sulfonamides is 1. The molecular formula is C16H23N3O3S. The summed E-state index contributed by atoms with van der Waals surface area (Å²) < 4.78 is 26.8. The zero-order valence-electron chi connectivity index (χ0n) is 13.1. The van der Waals surface area contributed by atoms with Gasteiger partial charge in [-0.2, -0.15) is 4.31 Å². The molecule has 23 heavy (non-hydrogen) atoms. The highest BCUT2D eigenvalue weighted by Crippen LogP contribution is 2.28. The van der Waals surface area contributed by atoms with Gasteiger partial charge in [-0.05, 0) is 44.4 Å². The Bertz CT molecular complexity index is 654. The molecule has 2 saturated heterocycles.